The van der Waals surface area contributed by atoms with Crippen LogP contribution in [0.15, 0.2) is 24.3 Å². The SMILES string of the molecule is C#Cc1ccc(C(=O)N[C@@H](CC)C(=O)OCCCC)cc1. The third-order valence-corrected chi connectivity index (χ3v) is 3.05. The van der Waals surface area contributed by atoms with Gasteiger partial charge in [0.2, 0.25) is 0 Å². The molecule has 112 valence electrons. The van der Waals surface area contributed by atoms with Crippen LogP contribution in [0.25, 0.3) is 0 Å². The Morgan fingerprint density at radius 1 is 1.29 bits per heavy atom. The summed E-state index contributed by atoms with van der Waals surface area (Å²) in [4.78, 5) is 23.9. The lowest BCUT2D eigenvalue weighted by atomic mass is 10.1. The molecule has 0 heterocycles. The Morgan fingerprint density at radius 3 is 2.48 bits per heavy atom. The lowest BCUT2D eigenvalue weighted by Crippen LogP contribution is -2.41. The van der Waals surface area contributed by atoms with E-state index in [1.807, 2.05) is 13.8 Å². The van der Waals surface area contributed by atoms with E-state index >= 15 is 0 Å². The summed E-state index contributed by atoms with van der Waals surface area (Å²) in [6.45, 7) is 4.23. The summed E-state index contributed by atoms with van der Waals surface area (Å²) in [7, 11) is 0. The monoisotopic (exact) mass is 287 g/mol. The van der Waals surface area contributed by atoms with Crippen LogP contribution >= 0.6 is 0 Å². The van der Waals surface area contributed by atoms with Crippen molar-refractivity contribution in [1.82, 2.24) is 5.32 Å². The van der Waals surface area contributed by atoms with Gasteiger partial charge < -0.3 is 10.1 Å². The maximum Gasteiger partial charge on any atom is 0.328 e. The number of nitrogens with one attached hydrogen (secondary N) is 1. The average molecular weight is 287 g/mol. The molecule has 0 saturated heterocycles. The van der Waals surface area contributed by atoms with Gasteiger partial charge in [-0.15, -0.1) is 6.42 Å². The van der Waals surface area contributed by atoms with Crippen molar-refractivity contribution in [2.45, 2.75) is 39.2 Å². The van der Waals surface area contributed by atoms with E-state index in [4.69, 9.17) is 11.2 Å². The first kappa shape index (κ1) is 16.8. The Labute approximate surface area is 125 Å². The molecule has 0 spiro atoms. The van der Waals surface area contributed by atoms with Crippen molar-refractivity contribution >= 4 is 11.9 Å². The van der Waals surface area contributed by atoms with E-state index in [1.54, 1.807) is 24.3 Å². The minimum atomic E-state index is -0.623. The van der Waals surface area contributed by atoms with Crippen LogP contribution in [0.2, 0.25) is 0 Å². The average Bonchev–Trinajstić information content (AvgIpc) is 2.52. The van der Waals surface area contributed by atoms with Crippen molar-refractivity contribution in [2.75, 3.05) is 6.61 Å². The van der Waals surface area contributed by atoms with Crippen LogP contribution in [-0.2, 0) is 9.53 Å². The molecule has 0 aliphatic carbocycles. The van der Waals surface area contributed by atoms with E-state index in [9.17, 15) is 9.59 Å². The maximum absolute atomic E-state index is 12.1. The Bertz CT molecular complexity index is 514. The Balaban J connectivity index is 2.61. The molecule has 4 heteroatoms. The predicted molar refractivity (Wildman–Crippen MR) is 81.8 cm³/mol. The highest BCUT2D eigenvalue weighted by Crippen LogP contribution is 2.05. The van der Waals surface area contributed by atoms with E-state index in [0.717, 1.165) is 12.8 Å². The Kier molecular flexibility index (Phi) is 7.03. The van der Waals surface area contributed by atoms with Gasteiger partial charge in [0, 0.05) is 11.1 Å². The molecule has 0 aliphatic rings. The molecule has 0 bridgehead atoms. The summed E-state index contributed by atoms with van der Waals surface area (Å²) in [5.74, 6) is 1.79. The van der Waals surface area contributed by atoms with Crippen LogP contribution in [0.1, 0.15) is 49.0 Å². The number of carbonyl (C=O) groups is 2. The fraction of sp³-hybridized carbons (Fsp3) is 0.412. The molecule has 1 N–H and O–H groups in total. The molecule has 0 aromatic heterocycles. The molecule has 1 aromatic rings. The number of benzene rings is 1. The third-order valence-electron chi connectivity index (χ3n) is 3.05. The number of ether oxygens (including phenoxy) is 1. The summed E-state index contributed by atoms with van der Waals surface area (Å²) in [5.41, 5.74) is 1.17. The van der Waals surface area contributed by atoms with E-state index in [0.29, 0.717) is 24.2 Å². The van der Waals surface area contributed by atoms with Crippen LogP contribution in [0.5, 0.6) is 0 Å². The van der Waals surface area contributed by atoms with Gasteiger partial charge in [0.15, 0.2) is 0 Å². The standard InChI is InChI=1S/C17H21NO3/c1-4-7-12-21-17(20)15(6-3)18-16(19)14-10-8-13(5-2)9-11-14/h2,8-11,15H,4,6-7,12H2,1,3H3,(H,18,19)/t15-/m0/s1. The third kappa shape index (κ3) is 5.31. The van der Waals surface area contributed by atoms with Gasteiger partial charge in [-0.3, -0.25) is 4.79 Å². The van der Waals surface area contributed by atoms with Crippen molar-refractivity contribution in [3.8, 4) is 12.3 Å². The lowest BCUT2D eigenvalue weighted by Gasteiger charge is -2.16. The Morgan fingerprint density at radius 2 is 1.95 bits per heavy atom. The molecule has 21 heavy (non-hydrogen) atoms. The first-order chi connectivity index (χ1) is 10.1. The van der Waals surface area contributed by atoms with E-state index in [1.165, 1.54) is 0 Å². The number of amides is 1. The topological polar surface area (TPSA) is 55.4 Å². The number of rotatable bonds is 7. The van der Waals surface area contributed by atoms with Crippen LogP contribution < -0.4 is 5.32 Å². The summed E-state index contributed by atoms with van der Waals surface area (Å²) in [5, 5.41) is 2.68. The zero-order valence-electron chi connectivity index (χ0n) is 12.5. The predicted octanol–water partition coefficient (Wildman–Crippen LogP) is 2.52. The number of unbranched alkanes of at least 4 members (excludes halogenated alkanes) is 1. The minimum Gasteiger partial charge on any atom is -0.464 e. The smallest absolute Gasteiger partial charge is 0.328 e. The van der Waals surface area contributed by atoms with Gasteiger partial charge >= 0.3 is 5.97 Å². The minimum absolute atomic E-state index is 0.308. The highest BCUT2D eigenvalue weighted by atomic mass is 16.5. The summed E-state index contributed by atoms with van der Waals surface area (Å²) < 4.78 is 5.13. The zero-order valence-corrected chi connectivity index (χ0v) is 12.5. The molecule has 1 rings (SSSR count). The second-order valence-corrected chi connectivity index (χ2v) is 4.68. The molecule has 1 aromatic carbocycles. The zero-order chi connectivity index (χ0) is 15.7. The van der Waals surface area contributed by atoms with Crippen LogP contribution in [0, 0.1) is 12.3 Å². The molecule has 1 amide bonds. The maximum atomic E-state index is 12.1. The molecule has 0 saturated carbocycles. The van der Waals surface area contributed by atoms with Gasteiger partial charge in [0.1, 0.15) is 6.04 Å². The molecule has 0 radical (unpaired) electrons. The largest absolute Gasteiger partial charge is 0.464 e. The molecule has 0 aliphatic heterocycles. The molecule has 1 atom stereocenters. The molecular weight excluding hydrogens is 266 g/mol. The van der Waals surface area contributed by atoms with Gasteiger partial charge in [0.25, 0.3) is 5.91 Å². The molecular formula is C17H21NO3. The first-order valence-electron chi connectivity index (χ1n) is 7.16. The lowest BCUT2D eigenvalue weighted by molar-refractivity contribution is -0.146. The van der Waals surface area contributed by atoms with E-state index in [2.05, 4.69) is 11.2 Å². The molecule has 4 nitrogen and oxygen atoms in total. The second kappa shape index (κ2) is 8.80. The van der Waals surface area contributed by atoms with Gasteiger partial charge in [-0.25, -0.2) is 4.79 Å². The van der Waals surface area contributed by atoms with Gasteiger partial charge in [-0.1, -0.05) is 26.2 Å². The number of hydrogen-bond acceptors (Lipinski definition) is 3. The molecule has 0 unspecified atom stereocenters. The second-order valence-electron chi connectivity index (χ2n) is 4.68. The number of carbonyl (C=O) groups excluding carboxylic acids is 2. The van der Waals surface area contributed by atoms with Crippen molar-refractivity contribution in [3.05, 3.63) is 35.4 Å². The van der Waals surface area contributed by atoms with E-state index < -0.39 is 6.04 Å². The highest BCUT2D eigenvalue weighted by Gasteiger charge is 2.20. The number of hydrogen-bond donors (Lipinski definition) is 1. The number of esters is 1. The highest BCUT2D eigenvalue weighted by molar-refractivity contribution is 5.96. The number of terminal acetylenes is 1. The summed E-state index contributed by atoms with van der Waals surface area (Å²) in [6.07, 6.45) is 7.53. The van der Waals surface area contributed by atoms with E-state index in [-0.39, 0.29) is 11.9 Å². The summed E-state index contributed by atoms with van der Waals surface area (Å²) in [6, 6.07) is 6.03. The van der Waals surface area contributed by atoms with Crippen molar-refractivity contribution in [1.29, 1.82) is 0 Å². The summed E-state index contributed by atoms with van der Waals surface area (Å²) >= 11 is 0. The molecule has 0 fully saturated rings. The van der Waals surface area contributed by atoms with Crippen LogP contribution in [0.3, 0.4) is 0 Å². The Hall–Kier alpha value is -2.28. The van der Waals surface area contributed by atoms with Crippen LogP contribution in [-0.4, -0.2) is 24.5 Å². The van der Waals surface area contributed by atoms with Crippen molar-refractivity contribution in [2.24, 2.45) is 0 Å². The quantitative estimate of drug-likeness (QED) is 0.476. The van der Waals surface area contributed by atoms with Gasteiger partial charge in [-0.05, 0) is 37.1 Å². The normalized spacial score (nSPS) is 11.3. The van der Waals surface area contributed by atoms with Gasteiger partial charge in [-0.2, -0.15) is 0 Å². The fourth-order valence-electron chi connectivity index (χ4n) is 1.70. The van der Waals surface area contributed by atoms with Gasteiger partial charge in [0.05, 0.1) is 6.61 Å². The van der Waals surface area contributed by atoms with Crippen molar-refractivity contribution in [3.63, 3.8) is 0 Å². The first-order valence-corrected chi connectivity index (χ1v) is 7.16. The van der Waals surface area contributed by atoms with Crippen molar-refractivity contribution < 1.29 is 14.3 Å². The van der Waals surface area contributed by atoms with Crippen LogP contribution in [0.4, 0.5) is 0 Å². The fourth-order valence-corrected chi connectivity index (χ4v) is 1.70.